The first kappa shape index (κ1) is 13.9. The number of rotatable bonds is 3. The summed E-state index contributed by atoms with van der Waals surface area (Å²) in [6.07, 6.45) is 5.91. The summed E-state index contributed by atoms with van der Waals surface area (Å²) in [6.45, 7) is 1.79. The third kappa shape index (κ3) is 2.58. The fourth-order valence-electron chi connectivity index (χ4n) is 2.49. The molecule has 110 valence electrons. The Labute approximate surface area is 122 Å². The minimum absolute atomic E-state index is 0.0614. The van der Waals surface area contributed by atoms with Crippen molar-refractivity contribution in [1.82, 2.24) is 19.7 Å². The Morgan fingerprint density at radius 2 is 2.05 bits per heavy atom. The monoisotopic (exact) mass is 306 g/mol. The zero-order valence-corrected chi connectivity index (χ0v) is 12.2. The van der Waals surface area contributed by atoms with E-state index in [-0.39, 0.29) is 17.5 Å². The van der Waals surface area contributed by atoms with Crippen molar-refractivity contribution in [2.75, 3.05) is 11.5 Å². The molecular formula is C13H14N4O3S. The molecule has 1 aliphatic rings. The second-order valence-electron chi connectivity index (χ2n) is 5.08. The van der Waals surface area contributed by atoms with Gasteiger partial charge in [0.25, 0.3) is 0 Å². The van der Waals surface area contributed by atoms with Gasteiger partial charge in [0.05, 0.1) is 28.8 Å². The molecule has 0 N–H and O–H groups in total. The normalized spacial score (nSPS) is 20.5. The third-order valence-electron chi connectivity index (χ3n) is 3.58. The van der Waals surface area contributed by atoms with Crippen LogP contribution >= 0.6 is 0 Å². The van der Waals surface area contributed by atoms with Crippen LogP contribution in [0.4, 0.5) is 0 Å². The molecule has 21 heavy (non-hydrogen) atoms. The first-order valence-corrected chi connectivity index (χ1v) is 8.35. The first-order valence-electron chi connectivity index (χ1n) is 6.53. The van der Waals surface area contributed by atoms with E-state index >= 15 is 0 Å². The van der Waals surface area contributed by atoms with Crippen LogP contribution in [0.5, 0.6) is 0 Å². The van der Waals surface area contributed by atoms with E-state index < -0.39 is 9.84 Å². The van der Waals surface area contributed by atoms with E-state index in [0.717, 1.165) is 0 Å². The third-order valence-corrected chi connectivity index (χ3v) is 5.33. The van der Waals surface area contributed by atoms with Crippen LogP contribution < -0.4 is 0 Å². The first-order chi connectivity index (χ1) is 10.00. The summed E-state index contributed by atoms with van der Waals surface area (Å²) < 4.78 is 24.7. The van der Waals surface area contributed by atoms with Crippen molar-refractivity contribution in [3.05, 3.63) is 29.8 Å². The quantitative estimate of drug-likeness (QED) is 0.779. The number of hydrogen-bond acceptors (Lipinski definition) is 6. The van der Waals surface area contributed by atoms with Crippen LogP contribution in [0.2, 0.25) is 0 Å². The van der Waals surface area contributed by atoms with Crippen LogP contribution in [0.15, 0.2) is 18.6 Å². The largest absolute Gasteiger partial charge is 0.298 e. The predicted octanol–water partition coefficient (Wildman–Crippen LogP) is 0.821. The van der Waals surface area contributed by atoms with E-state index in [1.807, 2.05) is 0 Å². The van der Waals surface area contributed by atoms with Crippen LogP contribution in [0.1, 0.15) is 28.5 Å². The topological polar surface area (TPSA) is 94.8 Å². The van der Waals surface area contributed by atoms with Crippen molar-refractivity contribution in [3.8, 4) is 11.4 Å². The average molecular weight is 306 g/mol. The van der Waals surface area contributed by atoms with Crippen molar-refractivity contribution >= 4 is 16.1 Å². The Bertz CT molecular complexity index is 797. The maximum absolute atomic E-state index is 11.6. The molecule has 1 fully saturated rings. The molecule has 1 aliphatic heterocycles. The maximum atomic E-state index is 11.6. The average Bonchev–Trinajstić information content (AvgIpc) is 3.02. The van der Waals surface area contributed by atoms with Crippen molar-refractivity contribution in [3.63, 3.8) is 0 Å². The molecule has 8 heteroatoms. The van der Waals surface area contributed by atoms with Gasteiger partial charge in [0.1, 0.15) is 11.4 Å². The highest BCUT2D eigenvalue weighted by atomic mass is 32.2. The molecule has 0 aliphatic carbocycles. The summed E-state index contributed by atoms with van der Waals surface area (Å²) in [5.41, 5.74) is 2.05. The lowest BCUT2D eigenvalue weighted by atomic mass is 10.2. The highest BCUT2D eigenvalue weighted by molar-refractivity contribution is 7.91. The smallest absolute Gasteiger partial charge is 0.153 e. The molecule has 3 heterocycles. The summed E-state index contributed by atoms with van der Waals surface area (Å²) in [7, 11) is -3.00. The standard InChI is InChI=1S/C13H14N4O3S/c1-9-12(15-4-3-14-9)13-10(7-18)6-17(16-13)11-2-5-21(19,20)8-11/h3-4,6-7,11H,2,5,8H2,1H3. The fourth-order valence-corrected chi connectivity index (χ4v) is 4.19. The van der Waals surface area contributed by atoms with Gasteiger partial charge in [0.2, 0.25) is 0 Å². The lowest BCUT2D eigenvalue weighted by molar-refractivity contribution is 0.112. The summed E-state index contributed by atoms with van der Waals surface area (Å²) in [5.74, 6) is 0.222. The van der Waals surface area contributed by atoms with E-state index in [2.05, 4.69) is 15.1 Å². The molecular weight excluding hydrogens is 292 g/mol. The van der Waals surface area contributed by atoms with E-state index in [9.17, 15) is 13.2 Å². The Balaban J connectivity index is 2.04. The molecule has 0 radical (unpaired) electrons. The summed E-state index contributed by atoms with van der Waals surface area (Å²) >= 11 is 0. The Hall–Kier alpha value is -2.09. The molecule has 1 saturated heterocycles. The molecule has 2 aromatic rings. The van der Waals surface area contributed by atoms with E-state index in [4.69, 9.17) is 0 Å². The van der Waals surface area contributed by atoms with Crippen molar-refractivity contribution < 1.29 is 13.2 Å². The molecule has 0 spiro atoms. The Morgan fingerprint density at radius 1 is 1.29 bits per heavy atom. The van der Waals surface area contributed by atoms with Gasteiger partial charge in [-0.05, 0) is 13.3 Å². The summed E-state index contributed by atoms with van der Waals surface area (Å²) in [6, 6.07) is -0.223. The van der Waals surface area contributed by atoms with Crippen molar-refractivity contribution in [1.29, 1.82) is 0 Å². The molecule has 0 saturated carbocycles. The number of carbonyl (C=O) groups excluding carboxylic acids is 1. The minimum Gasteiger partial charge on any atom is -0.298 e. The van der Waals surface area contributed by atoms with E-state index in [1.54, 1.807) is 24.0 Å². The highest BCUT2D eigenvalue weighted by Crippen LogP contribution is 2.27. The second kappa shape index (κ2) is 5.03. The van der Waals surface area contributed by atoms with Gasteiger partial charge < -0.3 is 0 Å². The van der Waals surface area contributed by atoms with Crippen molar-refractivity contribution in [2.45, 2.75) is 19.4 Å². The van der Waals surface area contributed by atoms with E-state index in [0.29, 0.717) is 35.4 Å². The predicted molar refractivity (Wildman–Crippen MR) is 75.7 cm³/mol. The highest BCUT2D eigenvalue weighted by Gasteiger charge is 2.30. The van der Waals surface area contributed by atoms with Crippen LogP contribution in [0, 0.1) is 6.92 Å². The van der Waals surface area contributed by atoms with Gasteiger partial charge in [-0.3, -0.25) is 19.4 Å². The molecule has 0 aromatic carbocycles. The van der Waals surface area contributed by atoms with Gasteiger partial charge >= 0.3 is 0 Å². The Kier molecular flexibility index (Phi) is 3.32. The lowest BCUT2D eigenvalue weighted by Crippen LogP contribution is -2.11. The second-order valence-corrected chi connectivity index (χ2v) is 7.31. The van der Waals surface area contributed by atoms with Crippen LogP contribution in [-0.2, 0) is 9.84 Å². The molecule has 3 rings (SSSR count). The van der Waals surface area contributed by atoms with Gasteiger partial charge in [0, 0.05) is 18.6 Å². The fraction of sp³-hybridized carbons (Fsp3) is 0.385. The van der Waals surface area contributed by atoms with Crippen LogP contribution in [-0.4, -0.2) is 46.0 Å². The Morgan fingerprint density at radius 3 is 2.67 bits per heavy atom. The molecule has 2 aromatic heterocycles. The van der Waals surface area contributed by atoms with Gasteiger partial charge in [-0.1, -0.05) is 0 Å². The number of hydrogen-bond donors (Lipinski definition) is 0. The van der Waals surface area contributed by atoms with Gasteiger partial charge in [0.15, 0.2) is 16.1 Å². The number of aldehydes is 1. The lowest BCUT2D eigenvalue weighted by Gasteiger charge is -2.07. The van der Waals surface area contributed by atoms with Crippen LogP contribution in [0.3, 0.4) is 0 Å². The zero-order chi connectivity index (χ0) is 15.0. The number of sulfone groups is 1. The van der Waals surface area contributed by atoms with Crippen molar-refractivity contribution in [2.24, 2.45) is 0 Å². The van der Waals surface area contributed by atoms with E-state index in [1.165, 1.54) is 6.20 Å². The maximum Gasteiger partial charge on any atom is 0.153 e. The number of aromatic nitrogens is 4. The number of carbonyl (C=O) groups is 1. The molecule has 0 bridgehead atoms. The van der Waals surface area contributed by atoms with Gasteiger partial charge in [-0.25, -0.2) is 8.42 Å². The van der Waals surface area contributed by atoms with Gasteiger partial charge in [-0.2, -0.15) is 5.10 Å². The number of aryl methyl sites for hydroxylation is 1. The number of nitrogens with zero attached hydrogens (tertiary/aromatic N) is 4. The SMILES string of the molecule is Cc1nccnc1-c1nn(C2CCS(=O)(=O)C2)cc1C=O. The van der Waals surface area contributed by atoms with Crippen LogP contribution in [0.25, 0.3) is 11.4 Å². The summed E-state index contributed by atoms with van der Waals surface area (Å²) in [4.78, 5) is 19.6. The molecule has 7 nitrogen and oxygen atoms in total. The van der Waals surface area contributed by atoms with Gasteiger partial charge in [-0.15, -0.1) is 0 Å². The summed E-state index contributed by atoms with van der Waals surface area (Å²) in [5, 5.41) is 4.38. The molecule has 0 amide bonds. The molecule has 1 atom stereocenters. The minimum atomic E-state index is -3.00. The molecule has 1 unspecified atom stereocenters. The zero-order valence-electron chi connectivity index (χ0n) is 11.4.